The van der Waals surface area contributed by atoms with E-state index >= 15 is 0 Å². The molecule has 2 aromatic carbocycles. The molecular formula is C13H10N2O. The van der Waals surface area contributed by atoms with Crippen LogP contribution in [-0.2, 0) is 0 Å². The number of hydrogen-bond acceptors (Lipinski definition) is 3. The lowest BCUT2D eigenvalue weighted by Crippen LogP contribution is -1.80. The summed E-state index contributed by atoms with van der Waals surface area (Å²) in [5.41, 5.74) is 9.27. The lowest BCUT2D eigenvalue weighted by Gasteiger charge is -1.99. The van der Waals surface area contributed by atoms with Gasteiger partial charge < -0.3 is 10.2 Å². The average molecular weight is 210 g/mol. The third-order valence-corrected chi connectivity index (χ3v) is 2.51. The Morgan fingerprint density at radius 1 is 0.938 bits per heavy atom. The van der Waals surface area contributed by atoms with E-state index in [0.29, 0.717) is 0 Å². The molecule has 0 unspecified atom stereocenters. The number of fused-ring (bicyclic) bond motifs is 1. The number of hydrogen-bond donors (Lipinski definition) is 1. The van der Waals surface area contributed by atoms with Crippen molar-refractivity contribution in [2.75, 3.05) is 5.73 Å². The van der Waals surface area contributed by atoms with Crippen molar-refractivity contribution in [3.8, 4) is 11.1 Å². The van der Waals surface area contributed by atoms with E-state index in [2.05, 4.69) is 17.1 Å². The van der Waals surface area contributed by atoms with E-state index in [-0.39, 0.29) is 6.01 Å². The summed E-state index contributed by atoms with van der Waals surface area (Å²) >= 11 is 0. The fourth-order valence-electron chi connectivity index (χ4n) is 1.75. The van der Waals surface area contributed by atoms with Gasteiger partial charge in [-0.15, -0.1) is 0 Å². The van der Waals surface area contributed by atoms with Gasteiger partial charge in [0.1, 0.15) is 5.52 Å². The average Bonchev–Trinajstić information content (AvgIpc) is 2.69. The zero-order chi connectivity index (χ0) is 11.0. The molecule has 3 nitrogen and oxygen atoms in total. The van der Waals surface area contributed by atoms with Crippen molar-refractivity contribution in [2.24, 2.45) is 0 Å². The van der Waals surface area contributed by atoms with Crippen molar-refractivity contribution in [3.05, 3.63) is 48.5 Å². The Kier molecular flexibility index (Phi) is 1.90. The number of benzene rings is 2. The Labute approximate surface area is 92.5 Å². The fraction of sp³-hybridized carbons (Fsp3) is 0. The second-order valence-corrected chi connectivity index (χ2v) is 3.60. The number of nitrogens with zero attached hydrogens (tertiary/aromatic N) is 1. The molecule has 3 aromatic rings. The van der Waals surface area contributed by atoms with E-state index in [1.165, 1.54) is 0 Å². The van der Waals surface area contributed by atoms with Crippen LogP contribution in [0.3, 0.4) is 0 Å². The van der Waals surface area contributed by atoms with Gasteiger partial charge in [0.2, 0.25) is 0 Å². The molecule has 0 atom stereocenters. The van der Waals surface area contributed by atoms with E-state index in [4.69, 9.17) is 10.2 Å². The van der Waals surface area contributed by atoms with E-state index < -0.39 is 0 Å². The smallest absolute Gasteiger partial charge is 0.292 e. The van der Waals surface area contributed by atoms with Crippen LogP contribution in [0, 0.1) is 0 Å². The first-order valence-corrected chi connectivity index (χ1v) is 5.04. The van der Waals surface area contributed by atoms with E-state index in [9.17, 15) is 0 Å². The second kappa shape index (κ2) is 3.38. The van der Waals surface area contributed by atoms with Gasteiger partial charge in [0, 0.05) is 0 Å². The summed E-state index contributed by atoms with van der Waals surface area (Å²) in [7, 11) is 0. The van der Waals surface area contributed by atoms with Gasteiger partial charge in [0.25, 0.3) is 6.01 Å². The minimum Gasteiger partial charge on any atom is -0.424 e. The maximum Gasteiger partial charge on any atom is 0.292 e. The standard InChI is InChI=1S/C13H10N2O/c14-13-15-11-7-6-10(8-12(11)16-13)9-4-2-1-3-5-9/h1-8H,(H2,14,15). The van der Waals surface area contributed by atoms with Crippen LogP contribution in [0.25, 0.3) is 22.2 Å². The quantitative estimate of drug-likeness (QED) is 0.671. The molecule has 0 fully saturated rings. The summed E-state index contributed by atoms with van der Waals surface area (Å²) < 4.78 is 5.30. The molecule has 0 radical (unpaired) electrons. The Balaban J connectivity index is 2.18. The molecule has 0 aliphatic heterocycles. The first kappa shape index (κ1) is 8.97. The molecule has 3 rings (SSSR count). The monoisotopic (exact) mass is 210 g/mol. The van der Waals surface area contributed by atoms with E-state index in [1.54, 1.807) is 0 Å². The molecule has 78 valence electrons. The Morgan fingerprint density at radius 3 is 2.56 bits per heavy atom. The van der Waals surface area contributed by atoms with Crippen LogP contribution in [0.2, 0.25) is 0 Å². The van der Waals surface area contributed by atoms with E-state index in [0.717, 1.165) is 22.2 Å². The van der Waals surface area contributed by atoms with Gasteiger partial charge in [-0.3, -0.25) is 0 Å². The van der Waals surface area contributed by atoms with Crippen molar-refractivity contribution >= 4 is 17.1 Å². The molecule has 3 heteroatoms. The van der Waals surface area contributed by atoms with E-state index in [1.807, 2.05) is 36.4 Å². The molecule has 0 saturated carbocycles. The lowest BCUT2D eigenvalue weighted by molar-refractivity contribution is 0.626. The van der Waals surface area contributed by atoms with Gasteiger partial charge in [-0.2, -0.15) is 4.98 Å². The van der Waals surface area contributed by atoms with Gasteiger partial charge in [0.15, 0.2) is 5.58 Å². The van der Waals surface area contributed by atoms with Crippen LogP contribution < -0.4 is 5.73 Å². The zero-order valence-corrected chi connectivity index (χ0v) is 8.55. The lowest BCUT2D eigenvalue weighted by atomic mass is 10.1. The molecular weight excluding hydrogens is 200 g/mol. The summed E-state index contributed by atoms with van der Waals surface area (Å²) in [5, 5.41) is 0. The highest BCUT2D eigenvalue weighted by atomic mass is 16.4. The van der Waals surface area contributed by atoms with Crippen LogP contribution in [0.15, 0.2) is 52.9 Å². The van der Waals surface area contributed by atoms with Gasteiger partial charge >= 0.3 is 0 Å². The normalized spacial score (nSPS) is 10.8. The van der Waals surface area contributed by atoms with Crippen molar-refractivity contribution < 1.29 is 4.42 Å². The molecule has 0 amide bonds. The van der Waals surface area contributed by atoms with Crippen LogP contribution in [-0.4, -0.2) is 4.98 Å². The number of nitrogen functional groups attached to an aromatic ring is 1. The Hall–Kier alpha value is -2.29. The number of nitrogens with two attached hydrogens (primary N) is 1. The molecule has 0 spiro atoms. The summed E-state index contributed by atoms with van der Waals surface area (Å²) in [6.07, 6.45) is 0. The first-order chi connectivity index (χ1) is 7.83. The predicted octanol–water partition coefficient (Wildman–Crippen LogP) is 3.08. The highest BCUT2D eigenvalue weighted by Gasteiger charge is 2.04. The summed E-state index contributed by atoms with van der Waals surface area (Å²) in [4.78, 5) is 4.06. The minimum absolute atomic E-state index is 0.209. The molecule has 1 aromatic heterocycles. The molecule has 0 saturated heterocycles. The van der Waals surface area contributed by atoms with Crippen LogP contribution in [0.1, 0.15) is 0 Å². The summed E-state index contributed by atoms with van der Waals surface area (Å²) in [5.74, 6) is 0. The maximum absolute atomic E-state index is 5.50. The highest BCUT2D eigenvalue weighted by Crippen LogP contribution is 2.25. The van der Waals surface area contributed by atoms with Crippen molar-refractivity contribution in [3.63, 3.8) is 0 Å². The molecule has 16 heavy (non-hydrogen) atoms. The Morgan fingerprint density at radius 2 is 1.75 bits per heavy atom. The van der Waals surface area contributed by atoms with Crippen molar-refractivity contribution in [1.82, 2.24) is 4.98 Å². The number of anilines is 1. The third-order valence-electron chi connectivity index (χ3n) is 2.51. The topological polar surface area (TPSA) is 52.0 Å². The summed E-state index contributed by atoms with van der Waals surface area (Å²) in [6, 6.07) is 16.2. The Bertz CT molecular complexity index is 629. The predicted molar refractivity (Wildman–Crippen MR) is 63.9 cm³/mol. The molecule has 0 aliphatic carbocycles. The van der Waals surface area contributed by atoms with Crippen molar-refractivity contribution in [2.45, 2.75) is 0 Å². The minimum atomic E-state index is 0.209. The van der Waals surface area contributed by atoms with Gasteiger partial charge in [-0.25, -0.2) is 0 Å². The molecule has 1 heterocycles. The third kappa shape index (κ3) is 1.42. The molecule has 0 aliphatic rings. The van der Waals surface area contributed by atoms with Gasteiger partial charge in [0.05, 0.1) is 0 Å². The van der Waals surface area contributed by atoms with Gasteiger partial charge in [-0.05, 0) is 23.3 Å². The zero-order valence-electron chi connectivity index (χ0n) is 8.55. The number of oxazole rings is 1. The van der Waals surface area contributed by atoms with Crippen molar-refractivity contribution in [1.29, 1.82) is 0 Å². The number of rotatable bonds is 1. The second-order valence-electron chi connectivity index (χ2n) is 3.60. The first-order valence-electron chi connectivity index (χ1n) is 5.04. The number of aromatic nitrogens is 1. The van der Waals surface area contributed by atoms with Gasteiger partial charge in [-0.1, -0.05) is 36.4 Å². The SMILES string of the molecule is Nc1nc2ccc(-c3ccccc3)cc2o1. The fourth-order valence-corrected chi connectivity index (χ4v) is 1.75. The molecule has 0 bridgehead atoms. The van der Waals surface area contributed by atoms with Crippen LogP contribution >= 0.6 is 0 Å². The van der Waals surface area contributed by atoms with Crippen LogP contribution in [0.4, 0.5) is 6.01 Å². The maximum atomic E-state index is 5.50. The highest BCUT2D eigenvalue weighted by molar-refractivity contribution is 5.81. The molecule has 2 N–H and O–H groups in total. The van der Waals surface area contributed by atoms with Crippen LogP contribution in [0.5, 0.6) is 0 Å². The largest absolute Gasteiger partial charge is 0.424 e. The summed E-state index contributed by atoms with van der Waals surface area (Å²) in [6.45, 7) is 0.